The molecule has 0 aliphatic heterocycles. The summed E-state index contributed by atoms with van der Waals surface area (Å²) in [6.07, 6.45) is 6.56. The van der Waals surface area contributed by atoms with Crippen LogP contribution >= 0.6 is 0 Å². The standard InChI is InChI=1S/C14H33N3/c1-4-7-8-9-10-14(13-15)16-11-12-17(5-2)6-3/h14,16H,4-13,15H2,1-3H3. The minimum absolute atomic E-state index is 0.516. The summed E-state index contributed by atoms with van der Waals surface area (Å²) in [4.78, 5) is 2.44. The monoisotopic (exact) mass is 243 g/mol. The summed E-state index contributed by atoms with van der Waals surface area (Å²) in [6.45, 7) is 11.9. The Morgan fingerprint density at radius 1 is 1.06 bits per heavy atom. The molecule has 0 bridgehead atoms. The van der Waals surface area contributed by atoms with Crippen LogP contribution in [0.5, 0.6) is 0 Å². The number of likely N-dealkylation sites (N-methyl/N-ethyl adjacent to an activating group) is 1. The highest BCUT2D eigenvalue weighted by molar-refractivity contribution is 4.68. The third-order valence-electron chi connectivity index (χ3n) is 3.45. The Balaban J connectivity index is 3.53. The number of nitrogens with zero attached hydrogens (tertiary/aromatic N) is 1. The highest BCUT2D eigenvalue weighted by Crippen LogP contribution is 2.04. The number of nitrogens with one attached hydrogen (secondary N) is 1. The van der Waals surface area contributed by atoms with Crippen molar-refractivity contribution in [1.82, 2.24) is 10.2 Å². The normalized spacial score (nSPS) is 13.2. The molecule has 0 fully saturated rings. The Morgan fingerprint density at radius 3 is 2.29 bits per heavy atom. The zero-order chi connectivity index (χ0) is 12.9. The van der Waals surface area contributed by atoms with Crippen LogP contribution in [0.25, 0.3) is 0 Å². The van der Waals surface area contributed by atoms with E-state index < -0.39 is 0 Å². The summed E-state index contributed by atoms with van der Waals surface area (Å²) in [5.41, 5.74) is 5.79. The van der Waals surface area contributed by atoms with E-state index in [0.29, 0.717) is 6.04 Å². The van der Waals surface area contributed by atoms with Crippen molar-refractivity contribution in [2.75, 3.05) is 32.7 Å². The van der Waals surface area contributed by atoms with Gasteiger partial charge in [-0.2, -0.15) is 0 Å². The van der Waals surface area contributed by atoms with Crippen LogP contribution in [0.15, 0.2) is 0 Å². The van der Waals surface area contributed by atoms with E-state index in [-0.39, 0.29) is 0 Å². The summed E-state index contributed by atoms with van der Waals surface area (Å²) in [5.74, 6) is 0. The molecule has 104 valence electrons. The van der Waals surface area contributed by atoms with E-state index in [9.17, 15) is 0 Å². The molecular formula is C14H33N3. The molecule has 0 spiro atoms. The average molecular weight is 243 g/mol. The summed E-state index contributed by atoms with van der Waals surface area (Å²) in [6, 6.07) is 0.516. The number of rotatable bonds is 12. The number of hydrogen-bond acceptors (Lipinski definition) is 3. The van der Waals surface area contributed by atoms with Crippen LogP contribution in [0.4, 0.5) is 0 Å². The lowest BCUT2D eigenvalue weighted by Gasteiger charge is -2.21. The second-order valence-corrected chi connectivity index (χ2v) is 4.76. The van der Waals surface area contributed by atoms with Gasteiger partial charge >= 0.3 is 0 Å². The number of nitrogens with two attached hydrogens (primary N) is 1. The van der Waals surface area contributed by atoms with Crippen molar-refractivity contribution in [3.05, 3.63) is 0 Å². The van der Waals surface area contributed by atoms with Crippen molar-refractivity contribution in [3.8, 4) is 0 Å². The number of hydrogen-bond donors (Lipinski definition) is 2. The highest BCUT2D eigenvalue weighted by Gasteiger charge is 2.06. The van der Waals surface area contributed by atoms with Crippen molar-refractivity contribution in [3.63, 3.8) is 0 Å². The molecule has 0 heterocycles. The third-order valence-corrected chi connectivity index (χ3v) is 3.45. The van der Waals surface area contributed by atoms with Crippen molar-refractivity contribution in [2.24, 2.45) is 5.73 Å². The van der Waals surface area contributed by atoms with Gasteiger partial charge in [-0.3, -0.25) is 0 Å². The summed E-state index contributed by atoms with van der Waals surface area (Å²) < 4.78 is 0. The zero-order valence-electron chi connectivity index (χ0n) is 12.2. The molecule has 1 unspecified atom stereocenters. The van der Waals surface area contributed by atoms with Crippen LogP contribution in [0.2, 0.25) is 0 Å². The van der Waals surface area contributed by atoms with Gasteiger partial charge in [0.25, 0.3) is 0 Å². The van der Waals surface area contributed by atoms with Crippen LogP contribution < -0.4 is 11.1 Å². The molecule has 1 atom stereocenters. The minimum Gasteiger partial charge on any atom is -0.329 e. The maximum Gasteiger partial charge on any atom is 0.0190 e. The summed E-state index contributed by atoms with van der Waals surface area (Å²) in [7, 11) is 0. The van der Waals surface area contributed by atoms with Gasteiger partial charge in [-0.1, -0.05) is 46.5 Å². The lowest BCUT2D eigenvalue weighted by molar-refractivity contribution is 0.294. The lowest BCUT2D eigenvalue weighted by atomic mass is 10.1. The largest absolute Gasteiger partial charge is 0.329 e. The van der Waals surface area contributed by atoms with Crippen molar-refractivity contribution >= 4 is 0 Å². The first-order valence-electron chi connectivity index (χ1n) is 7.44. The SMILES string of the molecule is CCCCCCC(CN)NCCN(CC)CC. The molecule has 0 amide bonds. The molecule has 0 rings (SSSR count). The smallest absolute Gasteiger partial charge is 0.0190 e. The van der Waals surface area contributed by atoms with Gasteiger partial charge in [0.05, 0.1) is 0 Å². The van der Waals surface area contributed by atoms with Gasteiger partial charge in [0.1, 0.15) is 0 Å². The van der Waals surface area contributed by atoms with E-state index >= 15 is 0 Å². The second-order valence-electron chi connectivity index (χ2n) is 4.76. The number of unbranched alkanes of at least 4 members (excludes halogenated alkanes) is 3. The molecule has 0 aliphatic carbocycles. The van der Waals surface area contributed by atoms with Gasteiger partial charge < -0.3 is 16.0 Å². The molecular weight excluding hydrogens is 210 g/mol. The fourth-order valence-electron chi connectivity index (χ4n) is 2.09. The Hall–Kier alpha value is -0.120. The van der Waals surface area contributed by atoms with Crippen molar-refractivity contribution < 1.29 is 0 Å². The van der Waals surface area contributed by atoms with Crippen molar-refractivity contribution in [2.45, 2.75) is 58.9 Å². The quantitative estimate of drug-likeness (QED) is 0.516. The molecule has 0 aromatic carbocycles. The molecule has 3 nitrogen and oxygen atoms in total. The second kappa shape index (κ2) is 12.3. The molecule has 0 saturated carbocycles. The summed E-state index contributed by atoms with van der Waals surface area (Å²) >= 11 is 0. The topological polar surface area (TPSA) is 41.3 Å². The van der Waals surface area contributed by atoms with E-state index in [4.69, 9.17) is 5.73 Å². The highest BCUT2D eigenvalue weighted by atomic mass is 15.1. The average Bonchev–Trinajstić information content (AvgIpc) is 2.37. The van der Waals surface area contributed by atoms with Gasteiger partial charge in [0.2, 0.25) is 0 Å². The molecule has 3 N–H and O–H groups in total. The molecule has 0 radical (unpaired) electrons. The molecule has 0 aromatic heterocycles. The summed E-state index contributed by atoms with van der Waals surface area (Å²) in [5, 5.41) is 3.58. The molecule has 17 heavy (non-hydrogen) atoms. The fraction of sp³-hybridized carbons (Fsp3) is 1.00. The van der Waals surface area contributed by atoms with E-state index in [0.717, 1.165) is 32.7 Å². The molecule has 0 aliphatic rings. The zero-order valence-corrected chi connectivity index (χ0v) is 12.2. The predicted molar refractivity (Wildman–Crippen MR) is 77.4 cm³/mol. The van der Waals surface area contributed by atoms with E-state index in [1.165, 1.54) is 32.1 Å². The van der Waals surface area contributed by atoms with Crippen LogP contribution in [-0.2, 0) is 0 Å². The van der Waals surface area contributed by atoms with E-state index in [1.807, 2.05) is 0 Å². The van der Waals surface area contributed by atoms with Gasteiger partial charge in [0.15, 0.2) is 0 Å². The Morgan fingerprint density at radius 2 is 1.76 bits per heavy atom. The van der Waals surface area contributed by atoms with Gasteiger partial charge in [0, 0.05) is 25.7 Å². The Kier molecular flexibility index (Phi) is 12.3. The first-order valence-corrected chi connectivity index (χ1v) is 7.44. The first-order chi connectivity index (χ1) is 8.28. The van der Waals surface area contributed by atoms with E-state index in [1.54, 1.807) is 0 Å². The third kappa shape index (κ3) is 9.57. The van der Waals surface area contributed by atoms with Crippen molar-refractivity contribution in [1.29, 1.82) is 0 Å². The maximum atomic E-state index is 5.79. The molecule has 0 aromatic rings. The minimum atomic E-state index is 0.516. The first kappa shape index (κ1) is 16.9. The van der Waals surface area contributed by atoms with Crippen LogP contribution in [-0.4, -0.2) is 43.7 Å². The van der Waals surface area contributed by atoms with Gasteiger partial charge in [-0.05, 0) is 19.5 Å². The van der Waals surface area contributed by atoms with Gasteiger partial charge in [-0.15, -0.1) is 0 Å². The molecule has 0 saturated heterocycles. The van der Waals surface area contributed by atoms with Gasteiger partial charge in [-0.25, -0.2) is 0 Å². The van der Waals surface area contributed by atoms with Crippen LogP contribution in [0, 0.1) is 0 Å². The lowest BCUT2D eigenvalue weighted by Crippen LogP contribution is -2.40. The van der Waals surface area contributed by atoms with Crippen LogP contribution in [0.3, 0.4) is 0 Å². The predicted octanol–water partition coefficient (Wildman–Crippen LogP) is 2.22. The van der Waals surface area contributed by atoms with Crippen LogP contribution in [0.1, 0.15) is 52.9 Å². The Labute approximate surface area is 108 Å². The fourth-order valence-corrected chi connectivity index (χ4v) is 2.09. The molecule has 3 heteroatoms. The maximum absolute atomic E-state index is 5.79. The van der Waals surface area contributed by atoms with E-state index in [2.05, 4.69) is 31.0 Å². The Bertz CT molecular complexity index is 146.